The molecular formula is C16H16F3N. The third-order valence-corrected chi connectivity index (χ3v) is 4.05. The van der Waals surface area contributed by atoms with Gasteiger partial charge in [-0.3, -0.25) is 0 Å². The van der Waals surface area contributed by atoms with Gasteiger partial charge in [0.1, 0.15) is 0 Å². The van der Waals surface area contributed by atoms with Crippen LogP contribution < -0.4 is 5.73 Å². The smallest absolute Gasteiger partial charge is 0.324 e. The predicted molar refractivity (Wildman–Crippen MR) is 73.6 cm³/mol. The third kappa shape index (κ3) is 2.40. The second-order valence-corrected chi connectivity index (χ2v) is 5.41. The maximum atomic E-state index is 12.3. The maximum absolute atomic E-state index is 12.3. The van der Waals surface area contributed by atoms with Crippen molar-refractivity contribution in [3.05, 3.63) is 47.0 Å². The van der Waals surface area contributed by atoms with Crippen molar-refractivity contribution in [2.24, 2.45) is 5.73 Å². The minimum atomic E-state index is -4.15. The van der Waals surface area contributed by atoms with Gasteiger partial charge in [-0.1, -0.05) is 30.3 Å². The first-order valence-corrected chi connectivity index (χ1v) is 6.81. The standard InChI is InChI=1S/C16H16F3N/c17-16(18,19)9-8-14(20)12-7-6-11-5-4-10-2-1-3-13(12)15(10)11/h1-3,6-7,14H,4-5,8-9,20H2. The molecule has 2 aromatic rings. The van der Waals surface area contributed by atoms with Gasteiger partial charge in [0.05, 0.1) is 0 Å². The Morgan fingerprint density at radius 1 is 1.05 bits per heavy atom. The van der Waals surface area contributed by atoms with E-state index in [1.54, 1.807) is 0 Å². The molecule has 1 unspecified atom stereocenters. The zero-order valence-corrected chi connectivity index (χ0v) is 11.0. The highest BCUT2D eigenvalue weighted by molar-refractivity contribution is 5.93. The first kappa shape index (κ1) is 13.4. The fourth-order valence-corrected chi connectivity index (χ4v) is 3.07. The number of rotatable bonds is 3. The molecule has 0 saturated heterocycles. The average Bonchev–Trinajstić information content (AvgIpc) is 2.81. The Morgan fingerprint density at radius 3 is 2.45 bits per heavy atom. The molecule has 106 valence electrons. The number of aryl methyl sites for hydroxylation is 2. The SMILES string of the molecule is NC(CCC(F)(F)F)c1ccc2c3c(cccc13)CC2. The summed E-state index contributed by atoms with van der Waals surface area (Å²) in [4.78, 5) is 0. The molecule has 0 spiro atoms. The third-order valence-electron chi connectivity index (χ3n) is 4.05. The zero-order chi connectivity index (χ0) is 14.3. The molecule has 0 aromatic heterocycles. The Kier molecular flexibility index (Phi) is 3.21. The summed E-state index contributed by atoms with van der Waals surface area (Å²) in [5.41, 5.74) is 9.38. The molecular weight excluding hydrogens is 263 g/mol. The summed E-state index contributed by atoms with van der Waals surface area (Å²) in [6.45, 7) is 0. The van der Waals surface area contributed by atoms with Gasteiger partial charge >= 0.3 is 6.18 Å². The average molecular weight is 279 g/mol. The van der Waals surface area contributed by atoms with Gasteiger partial charge in [0, 0.05) is 12.5 Å². The molecule has 0 radical (unpaired) electrons. The lowest BCUT2D eigenvalue weighted by molar-refractivity contribution is -0.136. The number of hydrogen-bond acceptors (Lipinski definition) is 1. The van der Waals surface area contributed by atoms with E-state index in [0.29, 0.717) is 0 Å². The Balaban J connectivity index is 1.97. The molecule has 1 nitrogen and oxygen atoms in total. The first-order chi connectivity index (χ1) is 9.46. The van der Waals surface area contributed by atoms with Crippen LogP contribution in [0.15, 0.2) is 30.3 Å². The quantitative estimate of drug-likeness (QED) is 0.891. The van der Waals surface area contributed by atoms with Gasteiger partial charge in [-0.15, -0.1) is 0 Å². The molecule has 1 aliphatic rings. The fourth-order valence-electron chi connectivity index (χ4n) is 3.07. The number of halogens is 3. The minimum absolute atomic E-state index is 0.0673. The second kappa shape index (κ2) is 4.77. The van der Waals surface area contributed by atoms with Gasteiger partial charge in [-0.25, -0.2) is 0 Å². The van der Waals surface area contributed by atoms with Crippen LogP contribution in [0.3, 0.4) is 0 Å². The van der Waals surface area contributed by atoms with E-state index < -0.39 is 18.6 Å². The molecule has 0 aliphatic heterocycles. The Labute approximate surface area is 115 Å². The summed E-state index contributed by atoms with van der Waals surface area (Å²) in [5, 5.41) is 2.22. The van der Waals surface area contributed by atoms with E-state index in [0.717, 1.165) is 23.8 Å². The molecule has 0 saturated carbocycles. The van der Waals surface area contributed by atoms with Gasteiger partial charge in [0.25, 0.3) is 0 Å². The lowest BCUT2D eigenvalue weighted by Gasteiger charge is -2.17. The van der Waals surface area contributed by atoms with E-state index in [1.807, 2.05) is 24.3 Å². The van der Waals surface area contributed by atoms with Crippen LogP contribution in [0.25, 0.3) is 10.8 Å². The highest BCUT2D eigenvalue weighted by atomic mass is 19.4. The summed E-state index contributed by atoms with van der Waals surface area (Å²) < 4.78 is 37.0. The van der Waals surface area contributed by atoms with Gasteiger partial charge in [0.2, 0.25) is 0 Å². The van der Waals surface area contributed by atoms with E-state index in [1.165, 1.54) is 16.5 Å². The number of hydrogen-bond donors (Lipinski definition) is 1. The molecule has 1 aliphatic carbocycles. The van der Waals surface area contributed by atoms with Gasteiger partial charge < -0.3 is 5.73 Å². The summed E-state index contributed by atoms with van der Waals surface area (Å²) in [6, 6.07) is 9.36. The van der Waals surface area contributed by atoms with Crippen molar-refractivity contribution in [3.63, 3.8) is 0 Å². The van der Waals surface area contributed by atoms with E-state index in [4.69, 9.17) is 5.73 Å². The summed E-state index contributed by atoms with van der Waals surface area (Å²) >= 11 is 0. The fraction of sp³-hybridized carbons (Fsp3) is 0.375. The Bertz CT molecular complexity index is 636. The zero-order valence-electron chi connectivity index (χ0n) is 11.0. The van der Waals surface area contributed by atoms with Crippen LogP contribution in [0.2, 0.25) is 0 Å². The largest absolute Gasteiger partial charge is 0.389 e. The molecule has 3 rings (SSSR count). The minimum Gasteiger partial charge on any atom is -0.324 e. The molecule has 0 heterocycles. The molecule has 0 fully saturated rings. The van der Waals surface area contributed by atoms with E-state index in [9.17, 15) is 13.2 Å². The van der Waals surface area contributed by atoms with Crippen molar-refractivity contribution in [2.45, 2.75) is 37.9 Å². The maximum Gasteiger partial charge on any atom is 0.389 e. The van der Waals surface area contributed by atoms with E-state index >= 15 is 0 Å². The summed E-state index contributed by atoms with van der Waals surface area (Å²) in [6.07, 6.45) is -3.03. The number of nitrogens with two attached hydrogens (primary N) is 1. The van der Waals surface area contributed by atoms with E-state index in [-0.39, 0.29) is 6.42 Å². The van der Waals surface area contributed by atoms with Crippen LogP contribution >= 0.6 is 0 Å². The highest BCUT2D eigenvalue weighted by Gasteiger charge is 2.28. The molecule has 4 heteroatoms. The van der Waals surface area contributed by atoms with Gasteiger partial charge in [0.15, 0.2) is 0 Å². The van der Waals surface area contributed by atoms with Gasteiger partial charge in [-0.2, -0.15) is 13.2 Å². The van der Waals surface area contributed by atoms with Crippen molar-refractivity contribution in [1.82, 2.24) is 0 Å². The highest BCUT2D eigenvalue weighted by Crippen LogP contribution is 2.36. The lowest BCUT2D eigenvalue weighted by Crippen LogP contribution is -2.16. The van der Waals surface area contributed by atoms with Crippen molar-refractivity contribution < 1.29 is 13.2 Å². The molecule has 2 aromatic carbocycles. The summed E-state index contributed by atoms with van der Waals surface area (Å²) in [7, 11) is 0. The molecule has 2 N–H and O–H groups in total. The molecule has 0 amide bonds. The van der Waals surface area contributed by atoms with Crippen LogP contribution in [-0.2, 0) is 12.8 Å². The van der Waals surface area contributed by atoms with Crippen molar-refractivity contribution in [2.75, 3.05) is 0 Å². The molecule has 20 heavy (non-hydrogen) atoms. The van der Waals surface area contributed by atoms with E-state index in [2.05, 4.69) is 6.07 Å². The van der Waals surface area contributed by atoms with Crippen LogP contribution in [-0.4, -0.2) is 6.18 Å². The number of alkyl halides is 3. The van der Waals surface area contributed by atoms with Crippen LogP contribution in [0.5, 0.6) is 0 Å². The predicted octanol–water partition coefficient (Wildman–Crippen LogP) is 4.28. The van der Waals surface area contributed by atoms with Crippen molar-refractivity contribution in [1.29, 1.82) is 0 Å². The van der Waals surface area contributed by atoms with Crippen LogP contribution in [0, 0.1) is 0 Å². The number of benzene rings is 2. The van der Waals surface area contributed by atoms with Gasteiger partial charge in [-0.05, 0) is 46.7 Å². The molecule has 1 atom stereocenters. The van der Waals surface area contributed by atoms with Crippen molar-refractivity contribution >= 4 is 10.8 Å². The molecule has 0 bridgehead atoms. The Morgan fingerprint density at radius 2 is 1.75 bits per heavy atom. The van der Waals surface area contributed by atoms with Crippen LogP contribution in [0.4, 0.5) is 13.2 Å². The lowest BCUT2D eigenvalue weighted by atomic mass is 9.94. The monoisotopic (exact) mass is 279 g/mol. The first-order valence-electron chi connectivity index (χ1n) is 6.81. The normalized spacial score (nSPS) is 15.8. The topological polar surface area (TPSA) is 26.0 Å². The van der Waals surface area contributed by atoms with Crippen molar-refractivity contribution in [3.8, 4) is 0 Å². The Hall–Kier alpha value is -1.55. The van der Waals surface area contributed by atoms with Crippen LogP contribution in [0.1, 0.15) is 35.6 Å². The summed E-state index contributed by atoms with van der Waals surface area (Å²) in [5.74, 6) is 0. The second-order valence-electron chi connectivity index (χ2n) is 5.41.